The van der Waals surface area contributed by atoms with Crippen LogP contribution in [0.25, 0.3) is 0 Å². The summed E-state index contributed by atoms with van der Waals surface area (Å²) >= 11 is 21.7. The van der Waals surface area contributed by atoms with Crippen LogP contribution in [0, 0.1) is 10.8 Å². The molecule has 8 rings (SSSR count). The average molecular weight is 963 g/mol. The Labute approximate surface area is 391 Å². The Balaban J connectivity index is 0.000000193. The second-order valence-electron chi connectivity index (χ2n) is 17.6. The number of aliphatic imine (C=N–C) groups is 1. The molecule has 4 saturated heterocycles. The van der Waals surface area contributed by atoms with Crippen molar-refractivity contribution in [2.24, 2.45) is 21.6 Å². The molecule has 3 aromatic rings. The maximum Gasteiger partial charge on any atom is 0.407 e. The van der Waals surface area contributed by atoms with Gasteiger partial charge in [0.1, 0.15) is 22.3 Å². The van der Waals surface area contributed by atoms with Crippen LogP contribution in [-0.4, -0.2) is 112 Å². The van der Waals surface area contributed by atoms with Crippen molar-refractivity contribution < 1.29 is 23.8 Å². The van der Waals surface area contributed by atoms with Crippen LogP contribution in [0.2, 0.25) is 15.2 Å². The van der Waals surface area contributed by atoms with Gasteiger partial charge in [0.05, 0.1) is 47.7 Å². The van der Waals surface area contributed by atoms with E-state index in [1.54, 1.807) is 36.9 Å². The fourth-order valence-electron chi connectivity index (χ4n) is 8.65. The van der Waals surface area contributed by atoms with E-state index >= 15 is 0 Å². The van der Waals surface area contributed by atoms with Crippen LogP contribution in [-0.2, 0) is 19.0 Å². The second kappa shape index (κ2) is 19.5. The summed E-state index contributed by atoms with van der Waals surface area (Å²) in [7, 11) is 0. The fraction of sp³-hybridized carbons (Fsp3) is 0.548. The number of allylic oxidation sites excluding steroid dienone is 1. The molecule has 1 amide bonds. The first-order valence-electron chi connectivity index (χ1n) is 20.8. The van der Waals surface area contributed by atoms with Gasteiger partial charge in [-0.3, -0.25) is 4.79 Å². The standard InChI is InChI=1S/C23H30Cl2N6O3S.C19H24ClN5O2S/c1-13-17(30-21(32)34-22(2,3)4)23(12-33-13)6-9-31(10-7-23)20-18(25)29-15(11-28-20)35-14-5-8-27-19(26)16(14)24;1-11-16(21)19(10-27-11)3-6-25(7-4-19)18-13(26)8-12(9-24-18)28-14-2-5-23-17(22)15(14)20/h5,8,11,13,17H,6-7,9-10,12H2,1-4H3,(H2,26,27)(H,30,32);2,5,9,11,16H,3-4,6-8,10,21H2,1H3,(H2,22,23)/t13-,17+;11-,16+/m00/s1. The zero-order valence-electron chi connectivity index (χ0n) is 35.9. The number of Topliss-reactive ketones (excluding diaryl/α,β-unsaturated/α-hetero) is 1. The number of nitrogens with two attached hydrogens (primary N) is 3. The number of likely N-dealkylation sites (tertiary alicyclic amines) is 1. The molecule has 16 nitrogen and oxygen atoms in total. The number of nitrogens with zero attached hydrogens (tertiary/aromatic N) is 7. The number of amides is 1. The third-order valence-corrected chi connectivity index (χ3v) is 15.5. The van der Waals surface area contributed by atoms with Gasteiger partial charge in [-0.25, -0.2) is 29.7 Å². The minimum atomic E-state index is -0.557. The number of ketones is 1. The molecule has 8 heterocycles. The van der Waals surface area contributed by atoms with Gasteiger partial charge in [0, 0.05) is 82.8 Å². The summed E-state index contributed by atoms with van der Waals surface area (Å²) in [6.07, 6.45) is 9.99. The number of piperidine rings is 2. The van der Waals surface area contributed by atoms with Crippen molar-refractivity contribution in [1.29, 1.82) is 0 Å². The molecule has 7 N–H and O–H groups in total. The summed E-state index contributed by atoms with van der Waals surface area (Å²) in [4.78, 5) is 53.2. The van der Waals surface area contributed by atoms with Crippen molar-refractivity contribution in [1.82, 2.24) is 30.2 Å². The fourth-order valence-corrected chi connectivity index (χ4v) is 11.1. The Morgan fingerprint density at radius 1 is 0.873 bits per heavy atom. The number of anilines is 3. The minimum Gasteiger partial charge on any atom is -0.444 e. The summed E-state index contributed by atoms with van der Waals surface area (Å²) in [5.74, 6) is 1.75. The van der Waals surface area contributed by atoms with E-state index in [1.165, 1.54) is 23.5 Å². The lowest BCUT2D eigenvalue weighted by molar-refractivity contribution is -0.113. The molecule has 4 atom stereocenters. The lowest BCUT2D eigenvalue weighted by atomic mass is 9.73. The number of nitrogen functional groups attached to an aromatic ring is 2. The van der Waals surface area contributed by atoms with Gasteiger partial charge in [0.25, 0.3) is 0 Å². The number of ether oxygens (including phenoxy) is 3. The Bertz CT molecular complexity index is 2250. The molecule has 3 aromatic heterocycles. The first-order valence-corrected chi connectivity index (χ1v) is 23.6. The van der Waals surface area contributed by atoms with Crippen LogP contribution in [0.1, 0.15) is 66.7 Å². The van der Waals surface area contributed by atoms with E-state index in [9.17, 15) is 9.59 Å². The highest BCUT2D eigenvalue weighted by Gasteiger charge is 2.51. The SMILES string of the molecule is C[C@@H]1OCC2(CCN(C3=NC=C(Sc4ccnc(N)c4Cl)CC3=O)CC2)[C@@H]1N.C[C@@H]1OCC2(CCN(c3ncc(Sc4ccnc(N)c4Cl)nc3Cl)CC2)[C@@H]1NC(=O)OC(C)(C)C. The number of carbonyl (C=O) groups excluding carboxylic acids is 2. The third kappa shape index (κ3) is 10.8. The average Bonchev–Trinajstić information content (AvgIpc) is 3.68. The molecule has 21 heteroatoms. The summed E-state index contributed by atoms with van der Waals surface area (Å²) < 4.78 is 17.2. The number of pyridine rings is 2. The second-order valence-corrected chi connectivity index (χ2v) is 20.9. The van der Waals surface area contributed by atoms with Crippen LogP contribution in [0.4, 0.5) is 22.2 Å². The van der Waals surface area contributed by atoms with Crippen molar-refractivity contribution in [3.05, 3.63) is 57.0 Å². The van der Waals surface area contributed by atoms with E-state index in [2.05, 4.69) is 40.0 Å². The highest BCUT2D eigenvalue weighted by atomic mass is 35.5. The zero-order valence-corrected chi connectivity index (χ0v) is 39.8. The minimum absolute atomic E-state index is 0.0273. The highest BCUT2D eigenvalue weighted by molar-refractivity contribution is 8.03. The molecule has 0 unspecified atom stereocenters. The number of amidine groups is 1. The Hall–Kier alpha value is -3.62. The Morgan fingerprint density at radius 2 is 1.44 bits per heavy atom. The van der Waals surface area contributed by atoms with Gasteiger partial charge in [0.2, 0.25) is 5.78 Å². The lowest BCUT2D eigenvalue weighted by Crippen LogP contribution is -2.55. The van der Waals surface area contributed by atoms with Crippen LogP contribution in [0.15, 0.2) is 61.6 Å². The van der Waals surface area contributed by atoms with Gasteiger partial charge in [-0.15, -0.1) is 0 Å². The van der Waals surface area contributed by atoms with E-state index in [-0.39, 0.29) is 52.5 Å². The summed E-state index contributed by atoms with van der Waals surface area (Å²) in [6, 6.07) is 3.48. The van der Waals surface area contributed by atoms with Gasteiger partial charge < -0.3 is 46.5 Å². The van der Waals surface area contributed by atoms with Crippen molar-refractivity contribution in [2.45, 2.75) is 111 Å². The maximum atomic E-state index is 12.7. The van der Waals surface area contributed by atoms with Gasteiger partial charge in [-0.2, -0.15) is 0 Å². The smallest absolute Gasteiger partial charge is 0.407 e. The van der Waals surface area contributed by atoms with Crippen molar-refractivity contribution in [2.75, 3.05) is 55.8 Å². The third-order valence-electron chi connectivity index (χ3n) is 12.2. The first-order chi connectivity index (χ1) is 29.9. The molecule has 5 aliphatic rings. The largest absolute Gasteiger partial charge is 0.444 e. The zero-order chi connectivity index (χ0) is 45.3. The number of hydrogen-bond donors (Lipinski definition) is 4. The van der Waals surface area contributed by atoms with Crippen LogP contribution in [0.5, 0.6) is 0 Å². The maximum absolute atomic E-state index is 12.7. The number of alkyl carbamates (subject to hydrolysis) is 1. The van der Waals surface area contributed by atoms with Gasteiger partial charge >= 0.3 is 6.09 Å². The summed E-state index contributed by atoms with van der Waals surface area (Å²) in [5.41, 5.74) is 17.2. The molecule has 0 aromatic carbocycles. The van der Waals surface area contributed by atoms with Crippen LogP contribution in [0.3, 0.4) is 0 Å². The van der Waals surface area contributed by atoms with Crippen LogP contribution >= 0.6 is 58.3 Å². The molecule has 4 fully saturated rings. The van der Waals surface area contributed by atoms with Crippen molar-refractivity contribution in [3.63, 3.8) is 0 Å². The summed E-state index contributed by atoms with van der Waals surface area (Å²) in [6.45, 7) is 13.9. The Morgan fingerprint density at radius 3 is 2.02 bits per heavy atom. The molecule has 0 radical (unpaired) electrons. The van der Waals surface area contributed by atoms with Gasteiger partial charge in [-0.1, -0.05) is 58.3 Å². The van der Waals surface area contributed by atoms with Crippen LogP contribution < -0.4 is 27.4 Å². The highest BCUT2D eigenvalue weighted by Crippen LogP contribution is 2.45. The van der Waals surface area contributed by atoms with Crippen molar-refractivity contribution >= 4 is 93.5 Å². The topological polar surface area (TPSA) is 222 Å². The molecular weight excluding hydrogens is 909 g/mol. The number of rotatable bonds is 6. The lowest BCUT2D eigenvalue weighted by Gasteiger charge is -2.43. The molecule has 2 spiro atoms. The number of halogens is 3. The predicted octanol–water partition coefficient (Wildman–Crippen LogP) is 7.26. The molecule has 0 bridgehead atoms. The van der Waals surface area contributed by atoms with E-state index in [1.807, 2.05) is 34.6 Å². The molecular formula is C42H54Cl3N11O5S2. The predicted molar refractivity (Wildman–Crippen MR) is 249 cm³/mol. The van der Waals surface area contributed by atoms with Crippen molar-refractivity contribution in [3.8, 4) is 0 Å². The number of carbonyl (C=O) groups is 2. The quantitative estimate of drug-likeness (QED) is 0.191. The monoisotopic (exact) mass is 961 g/mol. The van der Waals surface area contributed by atoms with E-state index in [0.29, 0.717) is 51.5 Å². The first kappa shape index (κ1) is 47.3. The molecule has 5 aliphatic heterocycles. The van der Waals surface area contributed by atoms with E-state index < -0.39 is 11.7 Å². The van der Waals surface area contributed by atoms with E-state index in [4.69, 9.17) is 66.2 Å². The summed E-state index contributed by atoms with van der Waals surface area (Å²) in [5, 5.41) is 4.78. The van der Waals surface area contributed by atoms with E-state index in [0.717, 1.165) is 66.6 Å². The molecule has 0 aliphatic carbocycles. The van der Waals surface area contributed by atoms with Gasteiger partial charge in [0.15, 0.2) is 16.8 Å². The Kier molecular flexibility index (Phi) is 14.6. The molecule has 0 saturated carbocycles. The molecule has 63 heavy (non-hydrogen) atoms. The number of nitrogens with one attached hydrogen (secondary N) is 1. The molecule has 340 valence electrons. The normalized spacial score (nSPS) is 24.2. The number of thioether (sulfide) groups is 1. The van der Waals surface area contributed by atoms with Gasteiger partial charge in [-0.05, 0) is 72.4 Å². The number of hydrogen-bond acceptors (Lipinski definition) is 17. The number of aromatic nitrogens is 4.